The second kappa shape index (κ2) is 2.99. The van der Waals surface area contributed by atoms with Gasteiger partial charge < -0.3 is 10.2 Å². The van der Waals surface area contributed by atoms with Crippen molar-refractivity contribution in [2.24, 2.45) is 0 Å². The molecule has 2 aliphatic heterocycles. The third-order valence-electron chi connectivity index (χ3n) is 2.67. The molecule has 2 rings (SSSR count). The summed E-state index contributed by atoms with van der Waals surface area (Å²) in [4.78, 5) is 25.9. The average molecular weight is 183 g/mol. The van der Waals surface area contributed by atoms with Crippen LogP contribution in [0.25, 0.3) is 0 Å². The van der Waals surface area contributed by atoms with Crippen LogP contribution in [0.1, 0.15) is 6.42 Å². The molecule has 0 saturated carbocycles. The van der Waals surface area contributed by atoms with Crippen molar-refractivity contribution in [2.45, 2.75) is 12.5 Å². The third-order valence-corrected chi connectivity index (χ3v) is 2.67. The molecule has 0 unspecified atom stereocenters. The molecule has 0 radical (unpaired) electrons. The molecule has 0 spiro atoms. The van der Waals surface area contributed by atoms with Crippen molar-refractivity contribution in [3.8, 4) is 0 Å². The number of nitrogens with zero attached hydrogens (tertiary/aromatic N) is 2. The number of hydrogen-bond donors (Lipinski definition) is 1. The molecule has 1 N–H and O–H groups in total. The standard InChI is InChI=1S/C8H13N3O2/c1-10-7(12)4-6-5-9-2-3-11(6)8(10)13/h6,9H,2-5H2,1H3/t6-/m1/s1. The Bertz CT molecular complexity index is 254. The van der Waals surface area contributed by atoms with Gasteiger partial charge in [-0.1, -0.05) is 0 Å². The average Bonchev–Trinajstić information content (AvgIpc) is 2.15. The second-order valence-corrected chi connectivity index (χ2v) is 3.49. The van der Waals surface area contributed by atoms with Crippen molar-refractivity contribution in [2.75, 3.05) is 26.7 Å². The number of carbonyl (C=O) groups is 2. The first-order valence-electron chi connectivity index (χ1n) is 4.48. The van der Waals surface area contributed by atoms with Gasteiger partial charge in [0.15, 0.2) is 0 Å². The Kier molecular flexibility index (Phi) is 1.95. The molecule has 5 heteroatoms. The molecule has 0 aliphatic carbocycles. The summed E-state index contributed by atoms with van der Waals surface area (Å²) in [7, 11) is 1.54. The minimum Gasteiger partial charge on any atom is -0.318 e. The van der Waals surface area contributed by atoms with E-state index >= 15 is 0 Å². The lowest BCUT2D eigenvalue weighted by atomic mass is 10.1. The van der Waals surface area contributed by atoms with E-state index < -0.39 is 0 Å². The summed E-state index contributed by atoms with van der Waals surface area (Å²) < 4.78 is 0. The number of piperazine rings is 1. The van der Waals surface area contributed by atoms with E-state index in [0.29, 0.717) is 13.0 Å². The summed E-state index contributed by atoms with van der Waals surface area (Å²) in [6, 6.07) is -0.0762. The zero-order chi connectivity index (χ0) is 9.42. The zero-order valence-corrected chi connectivity index (χ0v) is 7.62. The quantitative estimate of drug-likeness (QED) is 0.537. The van der Waals surface area contributed by atoms with E-state index in [2.05, 4.69) is 5.32 Å². The monoisotopic (exact) mass is 183 g/mol. The van der Waals surface area contributed by atoms with E-state index in [1.807, 2.05) is 0 Å². The number of amides is 3. The van der Waals surface area contributed by atoms with Crippen molar-refractivity contribution in [1.82, 2.24) is 15.1 Å². The molecule has 1 atom stereocenters. The Balaban J connectivity index is 2.17. The zero-order valence-electron chi connectivity index (χ0n) is 7.62. The van der Waals surface area contributed by atoms with E-state index in [1.54, 1.807) is 11.9 Å². The van der Waals surface area contributed by atoms with Gasteiger partial charge in [-0.05, 0) is 0 Å². The molecule has 0 aromatic rings. The fraction of sp³-hybridized carbons (Fsp3) is 0.750. The number of rotatable bonds is 0. The maximum Gasteiger partial charge on any atom is 0.326 e. The van der Waals surface area contributed by atoms with Gasteiger partial charge in [0.05, 0.1) is 6.04 Å². The first-order valence-corrected chi connectivity index (χ1v) is 4.48. The Morgan fingerprint density at radius 3 is 3.00 bits per heavy atom. The Labute approximate surface area is 76.7 Å². The molecule has 2 heterocycles. The van der Waals surface area contributed by atoms with Crippen LogP contribution in [0.5, 0.6) is 0 Å². The maximum absolute atomic E-state index is 11.6. The Hall–Kier alpha value is -1.10. The Morgan fingerprint density at radius 1 is 1.46 bits per heavy atom. The summed E-state index contributed by atoms with van der Waals surface area (Å²) in [6.45, 7) is 2.27. The molecule has 2 fully saturated rings. The number of imide groups is 1. The van der Waals surface area contributed by atoms with Crippen LogP contribution in [-0.2, 0) is 4.79 Å². The van der Waals surface area contributed by atoms with Crippen LogP contribution in [-0.4, -0.2) is 54.5 Å². The van der Waals surface area contributed by atoms with Crippen molar-refractivity contribution in [3.05, 3.63) is 0 Å². The molecule has 13 heavy (non-hydrogen) atoms. The van der Waals surface area contributed by atoms with Gasteiger partial charge in [0, 0.05) is 33.1 Å². The summed E-state index contributed by atoms with van der Waals surface area (Å²) in [5.74, 6) is -0.0741. The lowest BCUT2D eigenvalue weighted by molar-refractivity contribution is -0.131. The van der Waals surface area contributed by atoms with Crippen LogP contribution in [0.15, 0.2) is 0 Å². The molecule has 2 aliphatic rings. The van der Waals surface area contributed by atoms with E-state index in [4.69, 9.17) is 0 Å². The first-order chi connectivity index (χ1) is 6.20. The van der Waals surface area contributed by atoms with Gasteiger partial charge >= 0.3 is 6.03 Å². The molecular formula is C8H13N3O2. The highest BCUT2D eigenvalue weighted by atomic mass is 16.2. The second-order valence-electron chi connectivity index (χ2n) is 3.49. The van der Waals surface area contributed by atoms with Crippen LogP contribution in [0.3, 0.4) is 0 Å². The lowest BCUT2D eigenvalue weighted by Crippen LogP contribution is -2.62. The van der Waals surface area contributed by atoms with E-state index in [-0.39, 0.29) is 18.0 Å². The highest BCUT2D eigenvalue weighted by molar-refractivity contribution is 5.97. The normalized spacial score (nSPS) is 29.2. The van der Waals surface area contributed by atoms with Gasteiger partial charge in [0.1, 0.15) is 0 Å². The predicted octanol–water partition coefficient (Wildman–Crippen LogP) is -0.758. The predicted molar refractivity (Wildman–Crippen MR) is 46.1 cm³/mol. The van der Waals surface area contributed by atoms with Gasteiger partial charge in [0.2, 0.25) is 5.91 Å². The van der Waals surface area contributed by atoms with Crippen LogP contribution < -0.4 is 5.32 Å². The number of fused-ring (bicyclic) bond motifs is 1. The van der Waals surface area contributed by atoms with Gasteiger partial charge in [-0.15, -0.1) is 0 Å². The minimum absolute atomic E-state index is 0.0740. The molecule has 2 saturated heterocycles. The van der Waals surface area contributed by atoms with Gasteiger partial charge in [-0.2, -0.15) is 0 Å². The fourth-order valence-corrected chi connectivity index (χ4v) is 1.83. The van der Waals surface area contributed by atoms with E-state index in [9.17, 15) is 9.59 Å². The first kappa shape index (κ1) is 8.50. The highest BCUT2D eigenvalue weighted by Crippen LogP contribution is 2.16. The summed E-state index contributed by atoms with van der Waals surface area (Å²) in [6.07, 6.45) is 0.454. The molecule has 3 amide bonds. The molecule has 0 aromatic heterocycles. The topological polar surface area (TPSA) is 52.7 Å². The summed E-state index contributed by atoms with van der Waals surface area (Å²) in [5, 5.41) is 3.18. The van der Waals surface area contributed by atoms with Crippen molar-refractivity contribution in [3.63, 3.8) is 0 Å². The van der Waals surface area contributed by atoms with Crippen molar-refractivity contribution >= 4 is 11.9 Å². The smallest absolute Gasteiger partial charge is 0.318 e. The lowest BCUT2D eigenvalue weighted by Gasteiger charge is -2.41. The molecule has 72 valence electrons. The fourth-order valence-electron chi connectivity index (χ4n) is 1.83. The van der Waals surface area contributed by atoms with Gasteiger partial charge in [-0.25, -0.2) is 4.79 Å². The summed E-state index contributed by atoms with van der Waals surface area (Å²) in [5.41, 5.74) is 0. The molecule has 0 aromatic carbocycles. The highest BCUT2D eigenvalue weighted by Gasteiger charge is 2.37. The maximum atomic E-state index is 11.6. The molecule has 5 nitrogen and oxygen atoms in total. The third kappa shape index (κ3) is 1.29. The van der Waals surface area contributed by atoms with Gasteiger partial charge in [-0.3, -0.25) is 9.69 Å². The number of urea groups is 1. The van der Waals surface area contributed by atoms with Crippen molar-refractivity contribution in [1.29, 1.82) is 0 Å². The van der Waals surface area contributed by atoms with E-state index in [1.165, 1.54) is 4.90 Å². The van der Waals surface area contributed by atoms with Crippen molar-refractivity contribution < 1.29 is 9.59 Å². The Morgan fingerprint density at radius 2 is 2.23 bits per heavy atom. The van der Waals surface area contributed by atoms with Crippen LogP contribution in [0.4, 0.5) is 4.79 Å². The number of hydrogen-bond acceptors (Lipinski definition) is 3. The van der Waals surface area contributed by atoms with E-state index in [0.717, 1.165) is 13.1 Å². The van der Waals surface area contributed by atoms with Crippen LogP contribution >= 0.6 is 0 Å². The molecule has 0 bridgehead atoms. The number of nitrogens with one attached hydrogen (secondary N) is 1. The van der Waals surface area contributed by atoms with Gasteiger partial charge in [0.25, 0.3) is 0 Å². The SMILES string of the molecule is CN1C(=O)C[C@@H]2CNCCN2C1=O. The largest absolute Gasteiger partial charge is 0.326 e. The number of carbonyl (C=O) groups excluding carboxylic acids is 2. The summed E-state index contributed by atoms with van der Waals surface area (Å²) >= 11 is 0. The minimum atomic E-state index is -0.150. The van der Waals surface area contributed by atoms with Crippen LogP contribution in [0, 0.1) is 0 Å². The van der Waals surface area contributed by atoms with Crippen LogP contribution in [0.2, 0.25) is 0 Å². The molecular weight excluding hydrogens is 170 g/mol.